The molecule has 0 aliphatic carbocycles. The van der Waals surface area contributed by atoms with E-state index in [1.807, 2.05) is 13.1 Å². The van der Waals surface area contributed by atoms with E-state index < -0.39 is 0 Å². The third-order valence-corrected chi connectivity index (χ3v) is 1.88. The molecule has 11 heavy (non-hydrogen) atoms. The first-order valence-electron chi connectivity index (χ1n) is 3.93. The minimum Gasteiger partial charge on any atom is -0.334 e. The number of imidazole rings is 1. The van der Waals surface area contributed by atoms with Gasteiger partial charge in [-0.25, -0.2) is 4.98 Å². The maximum absolute atomic E-state index is 5.71. The van der Waals surface area contributed by atoms with Crippen molar-refractivity contribution in [2.75, 3.05) is 0 Å². The number of rotatable bonds is 3. The van der Waals surface area contributed by atoms with Gasteiger partial charge in [0, 0.05) is 12.7 Å². The molecule has 0 bridgehead atoms. The van der Waals surface area contributed by atoms with Gasteiger partial charge in [-0.15, -0.1) is 0 Å². The zero-order chi connectivity index (χ0) is 8.27. The molecule has 0 saturated carbocycles. The Morgan fingerprint density at radius 2 is 2.36 bits per heavy atom. The summed E-state index contributed by atoms with van der Waals surface area (Å²) in [5.74, 6) is 1.00. The SMILES string of the molecule is CCCCn1cc(Cl)nc1C. The average Bonchev–Trinajstić information content (AvgIpc) is 2.26. The van der Waals surface area contributed by atoms with E-state index in [-0.39, 0.29) is 0 Å². The molecular formula is C8H13ClN2. The van der Waals surface area contributed by atoms with E-state index >= 15 is 0 Å². The van der Waals surface area contributed by atoms with E-state index in [4.69, 9.17) is 11.6 Å². The number of aromatic nitrogens is 2. The lowest BCUT2D eigenvalue weighted by Gasteiger charge is -2.01. The van der Waals surface area contributed by atoms with Gasteiger partial charge in [-0.3, -0.25) is 0 Å². The van der Waals surface area contributed by atoms with Gasteiger partial charge < -0.3 is 4.57 Å². The highest BCUT2D eigenvalue weighted by Crippen LogP contribution is 2.08. The monoisotopic (exact) mass is 172 g/mol. The summed E-state index contributed by atoms with van der Waals surface area (Å²) in [4.78, 5) is 4.09. The van der Waals surface area contributed by atoms with Crippen LogP contribution in [-0.2, 0) is 6.54 Å². The molecule has 0 saturated heterocycles. The number of unbranched alkanes of at least 4 members (excludes halogenated alkanes) is 1. The topological polar surface area (TPSA) is 17.8 Å². The van der Waals surface area contributed by atoms with Crippen LogP contribution in [0.3, 0.4) is 0 Å². The second-order valence-corrected chi connectivity index (χ2v) is 3.05. The molecule has 0 atom stereocenters. The van der Waals surface area contributed by atoms with Crippen LogP contribution < -0.4 is 0 Å². The lowest BCUT2D eigenvalue weighted by atomic mass is 10.3. The third kappa shape index (κ3) is 2.22. The summed E-state index contributed by atoms with van der Waals surface area (Å²) < 4.78 is 2.09. The van der Waals surface area contributed by atoms with Gasteiger partial charge in [0.15, 0.2) is 0 Å². The molecule has 0 aliphatic rings. The molecule has 0 amide bonds. The third-order valence-electron chi connectivity index (χ3n) is 1.70. The lowest BCUT2D eigenvalue weighted by Crippen LogP contribution is -1.97. The highest BCUT2D eigenvalue weighted by Gasteiger charge is 1.99. The fourth-order valence-corrected chi connectivity index (χ4v) is 1.26. The Morgan fingerprint density at radius 1 is 1.64 bits per heavy atom. The van der Waals surface area contributed by atoms with Crippen molar-refractivity contribution in [1.82, 2.24) is 9.55 Å². The molecular weight excluding hydrogens is 160 g/mol. The van der Waals surface area contributed by atoms with Crippen LogP contribution in [0.4, 0.5) is 0 Å². The minimum atomic E-state index is 0.596. The smallest absolute Gasteiger partial charge is 0.147 e. The molecule has 0 spiro atoms. The first kappa shape index (κ1) is 8.60. The van der Waals surface area contributed by atoms with Gasteiger partial charge in [0.05, 0.1) is 0 Å². The Hall–Kier alpha value is -0.500. The summed E-state index contributed by atoms with van der Waals surface area (Å²) >= 11 is 5.71. The standard InChI is InChI=1S/C8H13ClN2/c1-3-4-5-11-6-8(9)10-7(11)2/h6H,3-5H2,1-2H3. The number of nitrogens with zero attached hydrogens (tertiary/aromatic N) is 2. The van der Waals surface area contributed by atoms with Crippen LogP contribution in [0.25, 0.3) is 0 Å². The van der Waals surface area contributed by atoms with Crippen molar-refractivity contribution >= 4 is 11.6 Å². The second kappa shape index (κ2) is 3.77. The van der Waals surface area contributed by atoms with Crippen molar-refractivity contribution in [2.45, 2.75) is 33.2 Å². The van der Waals surface area contributed by atoms with E-state index in [0.717, 1.165) is 12.4 Å². The van der Waals surface area contributed by atoms with Gasteiger partial charge in [0.1, 0.15) is 11.0 Å². The number of halogens is 1. The summed E-state index contributed by atoms with van der Waals surface area (Å²) in [6.07, 6.45) is 4.27. The molecule has 0 N–H and O–H groups in total. The van der Waals surface area contributed by atoms with Crippen LogP contribution in [0.1, 0.15) is 25.6 Å². The van der Waals surface area contributed by atoms with E-state index in [9.17, 15) is 0 Å². The van der Waals surface area contributed by atoms with Gasteiger partial charge in [-0.05, 0) is 13.3 Å². The summed E-state index contributed by atoms with van der Waals surface area (Å²) in [5.41, 5.74) is 0. The van der Waals surface area contributed by atoms with Crippen LogP contribution in [0.2, 0.25) is 5.15 Å². The average molecular weight is 173 g/mol. The zero-order valence-electron chi connectivity index (χ0n) is 6.97. The summed E-state index contributed by atoms with van der Waals surface area (Å²) in [5, 5.41) is 0.596. The number of hydrogen-bond donors (Lipinski definition) is 0. The van der Waals surface area contributed by atoms with Gasteiger partial charge in [0.25, 0.3) is 0 Å². The summed E-state index contributed by atoms with van der Waals surface area (Å²) in [6, 6.07) is 0. The minimum absolute atomic E-state index is 0.596. The molecule has 62 valence electrons. The molecule has 1 aromatic rings. The van der Waals surface area contributed by atoms with Crippen molar-refractivity contribution in [3.8, 4) is 0 Å². The molecule has 0 fully saturated rings. The van der Waals surface area contributed by atoms with Crippen LogP contribution in [0.5, 0.6) is 0 Å². The van der Waals surface area contributed by atoms with Gasteiger partial charge >= 0.3 is 0 Å². The molecule has 0 radical (unpaired) electrons. The largest absolute Gasteiger partial charge is 0.334 e. The van der Waals surface area contributed by atoms with Crippen molar-refractivity contribution < 1.29 is 0 Å². The Balaban J connectivity index is 2.62. The van der Waals surface area contributed by atoms with E-state index in [2.05, 4.69) is 16.5 Å². The van der Waals surface area contributed by atoms with E-state index in [1.54, 1.807) is 0 Å². The van der Waals surface area contributed by atoms with Crippen LogP contribution in [0, 0.1) is 6.92 Å². The van der Waals surface area contributed by atoms with Crippen LogP contribution in [-0.4, -0.2) is 9.55 Å². The van der Waals surface area contributed by atoms with Crippen LogP contribution >= 0.6 is 11.6 Å². The van der Waals surface area contributed by atoms with Gasteiger partial charge in [0.2, 0.25) is 0 Å². The maximum Gasteiger partial charge on any atom is 0.147 e. The quantitative estimate of drug-likeness (QED) is 0.686. The number of hydrogen-bond acceptors (Lipinski definition) is 1. The Labute approximate surface area is 72.2 Å². The Morgan fingerprint density at radius 3 is 2.82 bits per heavy atom. The molecule has 0 aromatic carbocycles. The van der Waals surface area contributed by atoms with Crippen LogP contribution in [0.15, 0.2) is 6.20 Å². The molecule has 1 aromatic heterocycles. The summed E-state index contributed by atoms with van der Waals surface area (Å²) in [6.45, 7) is 5.18. The van der Waals surface area contributed by atoms with Crippen molar-refractivity contribution in [2.24, 2.45) is 0 Å². The highest BCUT2D eigenvalue weighted by atomic mass is 35.5. The van der Waals surface area contributed by atoms with Gasteiger partial charge in [-0.1, -0.05) is 24.9 Å². The predicted molar refractivity (Wildman–Crippen MR) is 46.9 cm³/mol. The molecule has 0 aliphatic heterocycles. The van der Waals surface area contributed by atoms with E-state index in [1.165, 1.54) is 12.8 Å². The zero-order valence-corrected chi connectivity index (χ0v) is 7.73. The second-order valence-electron chi connectivity index (χ2n) is 2.66. The Bertz CT molecular complexity index is 230. The summed E-state index contributed by atoms with van der Waals surface area (Å²) in [7, 11) is 0. The first-order chi connectivity index (χ1) is 5.24. The maximum atomic E-state index is 5.71. The molecule has 1 rings (SSSR count). The van der Waals surface area contributed by atoms with Gasteiger partial charge in [-0.2, -0.15) is 0 Å². The highest BCUT2D eigenvalue weighted by molar-refractivity contribution is 6.29. The lowest BCUT2D eigenvalue weighted by molar-refractivity contribution is 0.616. The normalized spacial score (nSPS) is 10.5. The van der Waals surface area contributed by atoms with E-state index in [0.29, 0.717) is 5.15 Å². The fourth-order valence-electron chi connectivity index (χ4n) is 1.02. The van der Waals surface area contributed by atoms with Crippen molar-refractivity contribution in [1.29, 1.82) is 0 Å². The predicted octanol–water partition coefficient (Wildman–Crippen LogP) is 2.65. The first-order valence-corrected chi connectivity index (χ1v) is 4.31. The molecule has 2 nitrogen and oxygen atoms in total. The van der Waals surface area contributed by atoms with Crippen molar-refractivity contribution in [3.05, 3.63) is 17.2 Å². The van der Waals surface area contributed by atoms with Crippen molar-refractivity contribution in [3.63, 3.8) is 0 Å². The Kier molecular flexibility index (Phi) is 2.94. The fraction of sp³-hybridized carbons (Fsp3) is 0.625. The molecule has 3 heteroatoms. The molecule has 1 heterocycles. The number of aryl methyl sites for hydroxylation is 2. The molecule has 0 unspecified atom stereocenters.